The van der Waals surface area contributed by atoms with Gasteiger partial charge < -0.3 is 14.6 Å². The molecule has 4 nitrogen and oxygen atoms in total. The zero-order valence-electron chi connectivity index (χ0n) is 10.8. The second-order valence-electron chi connectivity index (χ2n) is 4.26. The quantitative estimate of drug-likeness (QED) is 0.928. The summed E-state index contributed by atoms with van der Waals surface area (Å²) in [6.07, 6.45) is 0. The molecule has 0 aliphatic heterocycles. The van der Waals surface area contributed by atoms with Crippen LogP contribution < -0.4 is 10.2 Å². The lowest BCUT2D eigenvalue weighted by atomic mass is 10.2. The Bertz CT molecular complexity index is 613. The number of benzene rings is 1. The normalized spacial score (nSPS) is 10.0. The molecular formula is C14H14ClN3O. The predicted molar refractivity (Wildman–Crippen MR) is 76.5 cm³/mol. The molecule has 0 bridgehead atoms. The van der Waals surface area contributed by atoms with Crippen LogP contribution in [0.15, 0.2) is 34.7 Å². The van der Waals surface area contributed by atoms with E-state index in [9.17, 15) is 0 Å². The van der Waals surface area contributed by atoms with Gasteiger partial charge in [0, 0.05) is 14.1 Å². The minimum atomic E-state index is 0.315. The monoisotopic (exact) mass is 275 g/mol. The Labute approximate surface area is 117 Å². The second-order valence-corrected chi connectivity index (χ2v) is 4.67. The lowest BCUT2D eigenvalue weighted by Crippen LogP contribution is -2.12. The molecule has 19 heavy (non-hydrogen) atoms. The molecular weight excluding hydrogens is 262 g/mol. The Kier molecular flexibility index (Phi) is 3.98. The average Bonchev–Trinajstić information content (AvgIpc) is 2.83. The van der Waals surface area contributed by atoms with Gasteiger partial charge in [0.15, 0.2) is 0 Å². The molecule has 98 valence electrons. The summed E-state index contributed by atoms with van der Waals surface area (Å²) in [5, 5.41) is 12.6. The van der Waals surface area contributed by atoms with Crippen LogP contribution in [0.3, 0.4) is 0 Å². The maximum Gasteiger partial charge on any atom is 0.203 e. The number of nitriles is 1. The van der Waals surface area contributed by atoms with E-state index in [4.69, 9.17) is 21.3 Å². The molecule has 0 fully saturated rings. The van der Waals surface area contributed by atoms with E-state index < -0.39 is 0 Å². The first-order chi connectivity index (χ1) is 9.11. The Morgan fingerprint density at radius 2 is 2.11 bits per heavy atom. The van der Waals surface area contributed by atoms with Gasteiger partial charge in [-0.05, 0) is 24.3 Å². The van der Waals surface area contributed by atoms with E-state index >= 15 is 0 Å². The van der Waals surface area contributed by atoms with Gasteiger partial charge in [0.05, 0.1) is 22.9 Å². The van der Waals surface area contributed by atoms with Crippen molar-refractivity contribution < 1.29 is 4.42 Å². The van der Waals surface area contributed by atoms with Crippen LogP contribution >= 0.6 is 11.6 Å². The SMILES string of the molecule is CN(C)c1c(Cl)cccc1NCc1ccc(C#N)o1. The highest BCUT2D eigenvalue weighted by Crippen LogP contribution is 2.32. The maximum absolute atomic E-state index is 8.70. The van der Waals surface area contributed by atoms with Crippen molar-refractivity contribution in [3.8, 4) is 6.07 Å². The first-order valence-corrected chi connectivity index (χ1v) is 6.18. The molecule has 0 amide bonds. The molecule has 0 saturated heterocycles. The second kappa shape index (κ2) is 5.68. The number of furan rings is 1. The van der Waals surface area contributed by atoms with Gasteiger partial charge in [-0.25, -0.2) is 0 Å². The van der Waals surface area contributed by atoms with Crippen molar-refractivity contribution in [3.05, 3.63) is 46.9 Å². The van der Waals surface area contributed by atoms with E-state index in [0.29, 0.717) is 23.1 Å². The van der Waals surface area contributed by atoms with Crippen molar-refractivity contribution in [1.82, 2.24) is 0 Å². The summed E-state index contributed by atoms with van der Waals surface area (Å²) in [5.41, 5.74) is 1.85. The van der Waals surface area contributed by atoms with E-state index in [1.54, 1.807) is 12.1 Å². The van der Waals surface area contributed by atoms with Crippen LogP contribution in [-0.4, -0.2) is 14.1 Å². The summed E-state index contributed by atoms with van der Waals surface area (Å²) < 4.78 is 5.31. The van der Waals surface area contributed by atoms with E-state index in [1.807, 2.05) is 43.3 Å². The highest BCUT2D eigenvalue weighted by Gasteiger charge is 2.09. The highest BCUT2D eigenvalue weighted by atomic mass is 35.5. The van der Waals surface area contributed by atoms with E-state index in [1.165, 1.54) is 0 Å². The van der Waals surface area contributed by atoms with Gasteiger partial charge in [0.2, 0.25) is 5.76 Å². The number of nitrogens with zero attached hydrogens (tertiary/aromatic N) is 2. The Morgan fingerprint density at radius 1 is 1.32 bits per heavy atom. The minimum Gasteiger partial charge on any atom is -0.449 e. The average molecular weight is 276 g/mol. The van der Waals surface area contributed by atoms with Crippen molar-refractivity contribution in [2.24, 2.45) is 0 Å². The number of halogens is 1. The fourth-order valence-electron chi connectivity index (χ4n) is 1.83. The predicted octanol–water partition coefficient (Wildman–Crippen LogP) is 3.48. The lowest BCUT2D eigenvalue weighted by Gasteiger charge is -2.19. The van der Waals surface area contributed by atoms with Gasteiger partial charge in [0.1, 0.15) is 11.8 Å². The number of nitrogens with one attached hydrogen (secondary N) is 1. The van der Waals surface area contributed by atoms with Crippen LogP contribution in [-0.2, 0) is 6.54 Å². The molecule has 0 radical (unpaired) electrons. The fourth-order valence-corrected chi connectivity index (χ4v) is 2.17. The number of rotatable bonds is 4. The van der Waals surface area contributed by atoms with Crippen LogP contribution in [0, 0.1) is 11.3 Å². The number of anilines is 2. The molecule has 0 unspecified atom stereocenters. The smallest absolute Gasteiger partial charge is 0.203 e. The molecule has 0 aliphatic rings. The summed E-state index contributed by atoms with van der Waals surface area (Å²) in [6, 6.07) is 11.1. The molecule has 5 heteroatoms. The first kappa shape index (κ1) is 13.3. The van der Waals surface area contributed by atoms with E-state index in [2.05, 4.69) is 5.32 Å². The molecule has 0 saturated carbocycles. The van der Waals surface area contributed by atoms with Crippen LogP contribution in [0.4, 0.5) is 11.4 Å². The third-order valence-corrected chi connectivity index (χ3v) is 2.96. The maximum atomic E-state index is 8.70. The highest BCUT2D eigenvalue weighted by molar-refractivity contribution is 6.34. The molecule has 0 aliphatic carbocycles. The van der Waals surface area contributed by atoms with Crippen LogP contribution in [0.25, 0.3) is 0 Å². The third-order valence-electron chi connectivity index (χ3n) is 2.66. The zero-order chi connectivity index (χ0) is 13.8. The van der Waals surface area contributed by atoms with E-state index in [0.717, 1.165) is 11.4 Å². The molecule has 1 aromatic carbocycles. The van der Waals surface area contributed by atoms with Crippen molar-refractivity contribution in [3.63, 3.8) is 0 Å². The van der Waals surface area contributed by atoms with Crippen molar-refractivity contribution in [1.29, 1.82) is 5.26 Å². The third kappa shape index (κ3) is 3.01. The van der Waals surface area contributed by atoms with Gasteiger partial charge in [-0.3, -0.25) is 0 Å². The molecule has 1 aromatic heterocycles. The lowest BCUT2D eigenvalue weighted by molar-refractivity contribution is 0.506. The Morgan fingerprint density at radius 3 is 2.74 bits per heavy atom. The molecule has 1 N–H and O–H groups in total. The summed E-state index contributed by atoms with van der Waals surface area (Å²) in [4.78, 5) is 1.95. The first-order valence-electron chi connectivity index (χ1n) is 5.80. The van der Waals surface area contributed by atoms with E-state index in [-0.39, 0.29) is 0 Å². The summed E-state index contributed by atoms with van der Waals surface area (Å²) in [6.45, 7) is 0.503. The Hall–Kier alpha value is -2.12. The molecule has 0 atom stereocenters. The minimum absolute atomic E-state index is 0.315. The summed E-state index contributed by atoms with van der Waals surface area (Å²) in [5.74, 6) is 1.02. The molecule has 2 aromatic rings. The Balaban J connectivity index is 2.16. The largest absolute Gasteiger partial charge is 0.449 e. The molecule has 0 spiro atoms. The number of hydrogen-bond acceptors (Lipinski definition) is 4. The van der Waals surface area contributed by atoms with Gasteiger partial charge in [0.25, 0.3) is 0 Å². The van der Waals surface area contributed by atoms with Gasteiger partial charge in [-0.2, -0.15) is 5.26 Å². The van der Waals surface area contributed by atoms with Gasteiger partial charge >= 0.3 is 0 Å². The zero-order valence-corrected chi connectivity index (χ0v) is 11.5. The topological polar surface area (TPSA) is 52.2 Å². The summed E-state index contributed by atoms with van der Waals surface area (Å²) >= 11 is 6.18. The molecule has 1 heterocycles. The standard InChI is InChI=1S/C14H14ClN3O/c1-18(2)14-12(15)4-3-5-13(14)17-9-11-7-6-10(8-16)19-11/h3-7,17H,9H2,1-2H3. The summed E-state index contributed by atoms with van der Waals surface area (Å²) in [7, 11) is 3.88. The number of para-hydroxylation sites is 1. The van der Waals surface area contributed by atoms with Gasteiger partial charge in [-0.15, -0.1) is 0 Å². The van der Waals surface area contributed by atoms with Gasteiger partial charge in [-0.1, -0.05) is 17.7 Å². The number of hydrogen-bond donors (Lipinski definition) is 1. The van der Waals surface area contributed by atoms with Crippen molar-refractivity contribution in [2.45, 2.75) is 6.54 Å². The fraction of sp³-hybridized carbons (Fsp3) is 0.214. The van der Waals surface area contributed by atoms with Crippen molar-refractivity contribution in [2.75, 3.05) is 24.3 Å². The van der Waals surface area contributed by atoms with Crippen molar-refractivity contribution >= 4 is 23.0 Å². The van der Waals surface area contributed by atoms with Crippen LogP contribution in [0.5, 0.6) is 0 Å². The molecule has 2 rings (SSSR count). The van der Waals surface area contributed by atoms with Crippen LogP contribution in [0.2, 0.25) is 5.02 Å². The van der Waals surface area contributed by atoms with Crippen LogP contribution in [0.1, 0.15) is 11.5 Å².